The van der Waals surface area contributed by atoms with E-state index in [1.165, 1.54) is 38.5 Å². The second kappa shape index (κ2) is 10.8. The highest BCUT2D eigenvalue weighted by Gasteiger charge is 1.95. The summed E-state index contributed by atoms with van der Waals surface area (Å²) < 4.78 is 5.13. The predicted octanol–water partition coefficient (Wildman–Crippen LogP) is 3.63. The smallest absolute Gasteiger partial charge is 0.0845 e. The number of aromatic nitrogens is 3. The minimum atomic E-state index is 0.766. The summed E-state index contributed by atoms with van der Waals surface area (Å²) in [6.07, 6.45) is 15.8. The SMILES string of the molecule is CCOC=CCCCCCCCCc1c[nH]nn1. The summed E-state index contributed by atoms with van der Waals surface area (Å²) >= 11 is 0. The van der Waals surface area contributed by atoms with Crippen LogP contribution in [0.5, 0.6) is 0 Å². The van der Waals surface area contributed by atoms with E-state index < -0.39 is 0 Å². The molecule has 0 aliphatic rings. The lowest BCUT2D eigenvalue weighted by Gasteiger charge is -1.99. The van der Waals surface area contributed by atoms with E-state index >= 15 is 0 Å². The van der Waals surface area contributed by atoms with Crippen LogP contribution in [0.4, 0.5) is 0 Å². The van der Waals surface area contributed by atoms with E-state index in [1.54, 1.807) is 0 Å². The molecule has 4 nitrogen and oxygen atoms in total. The lowest BCUT2D eigenvalue weighted by atomic mass is 10.1. The van der Waals surface area contributed by atoms with Crippen molar-refractivity contribution >= 4 is 0 Å². The monoisotopic (exact) mass is 251 g/mol. The number of aromatic amines is 1. The number of ether oxygens (including phenoxy) is 1. The molecule has 1 heterocycles. The van der Waals surface area contributed by atoms with Crippen LogP contribution in [0.3, 0.4) is 0 Å². The number of hydrogen-bond donors (Lipinski definition) is 1. The molecule has 0 aliphatic heterocycles. The summed E-state index contributed by atoms with van der Waals surface area (Å²) in [5, 5.41) is 10.4. The molecule has 1 rings (SSSR count). The van der Waals surface area contributed by atoms with Crippen molar-refractivity contribution in [1.29, 1.82) is 0 Å². The molecule has 0 atom stereocenters. The van der Waals surface area contributed by atoms with Crippen LogP contribution < -0.4 is 0 Å². The van der Waals surface area contributed by atoms with E-state index in [9.17, 15) is 0 Å². The minimum absolute atomic E-state index is 0.766. The van der Waals surface area contributed by atoms with Crippen LogP contribution in [0, 0.1) is 0 Å². The van der Waals surface area contributed by atoms with Gasteiger partial charge in [-0.1, -0.05) is 30.9 Å². The van der Waals surface area contributed by atoms with E-state index in [2.05, 4.69) is 21.5 Å². The van der Waals surface area contributed by atoms with Crippen LogP contribution in [-0.2, 0) is 11.2 Å². The van der Waals surface area contributed by atoms with Gasteiger partial charge in [0.1, 0.15) is 0 Å². The molecule has 0 aliphatic carbocycles. The van der Waals surface area contributed by atoms with Crippen molar-refractivity contribution in [3.63, 3.8) is 0 Å². The molecular weight excluding hydrogens is 226 g/mol. The lowest BCUT2D eigenvalue weighted by molar-refractivity contribution is 0.268. The first-order valence-corrected chi connectivity index (χ1v) is 7.05. The largest absolute Gasteiger partial charge is 0.502 e. The minimum Gasteiger partial charge on any atom is -0.502 e. The van der Waals surface area contributed by atoms with Gasteiger partial charge in [0.2, 0.25) is 0 Å². The van der Waals surface area contributed by atoms with Gasteiger partial charge in [-0.2, -0.15) is 0 Å². The zero-order valence-corrected chi connectivity index (χ0v) is 11.4. The number of hydrogen-bond acceptors (Lipinski definition) is 3. The predicted molar refractivity (Wildman–Crippen MR) is 73.2 cm³/mol. The number of unbranched alkanes of at least 4 members (excludes halogenated alkanes) is 6. The zero-order valence-electron chi connectivity index (χ0n) is 11.4. The Balaban J connectivity index is 1.79. The quantitative estimate of drug-likeness (QED) is 0.482. The maximum absolute atomic E-state index is 5.13. The highest BCUT2D eigenvalue weighted by molar-refractivity contribution is 4.89. The van der Waals surface area contributed by atoms with E-state index in [4.69, 9.17) is 4.74 Å². The molecular formula is C14H25N3O. The Kier molecular flexibility index (Phi) is 8.85. The normalized spacial score (nSPS) is 11.2. The van der Waals surface area contributed by atoms with Crippen LogP contribution in [0.25, 0.3) is 0 Å². The van der Waals surface area contributed by atoms with Gasteiger partial charge in [0.15, 0.2) is 0 Å². The molecule has 4 heteroatoms. The summed E-state index contributed by atoms with van der Waals surface area (Å²) in [5.41, 5.74) is 1.08. The van der Waals surface area contributed by atoms with Gasteiger partial charge in [0, 0.05) is 6.20 Å². The summed E-state index contributed by atoms with van der Waals surface area (Å²) in [6.45, 7) is 2.77. The molecule has 1 aromatic heterocycles. The number of aryl methyl sites for hydroxylation is 1. The molecule has 0 saturated carbocycles. The van der Waals surface area contributed by atoms with Crippen LogP contribution >= 0.6 is 0 Å². The third kappa shape index (κ3) is 7.87. The second-order valence-electron chi connectivity index (χ2n) is 4.45. The van der Waals surface area contributed by atoms with Crippen molar-refractivity contribution in [2.75, 3.05) is 6.61 Å². The van der Waals surface area contributed by atoms with Gasteiger partial charge < -0.3 is 4.74 Å². The zero-order chi connectivity index (χ0) is 12.9. The van der Waals surface area contributed by atoms with Crippen molar-refractivity contribution < 1.29 is 4.74 Å². The van der Waals surface area contributed by atoms with Crippen molar-refractivity contribution in [1.82, 2.24) is 15.4 Å². The Bertz CT molecular complexity index is 296. The summed E-state index contributed by atoms with van der Waals surface area (Å²) in [5.74, 6) is 0. The molecule has 0 spiro atoms. The first-order valence-electron chi connectivity index (χ1n) is 7.05. The van der Waals surface area contributed by atoms with Crippen molar-refractivity contribution in [2.24, 2.45) is 0 Å². The molecule has 102 valence electrons. The number of rotatable bonds is 11. The van der Waals surface area contributed by atoms with E-state index in [0.29, 0.717) is 0 Å². The van der Waals surface area contributed by atoms with E-state index in [0.717, 1.165) is 25.1 Å². The molecule has 0 unspecified atom stereocenters. The van der Waals surface area contributed by atoms with E-state index in [-0.39, 0.29) is 0 Å². The fourth-order valence-corrected chi connectivity index (χ4v) is 1.86. The topological polar surface area (TPSA) is 50.8 Å². The first kappa shape index (κ1) is 14.7. The summed E-state index contributed by atoms with van der Waals surface area (Å²) in [4.78, 5) is 0. The molecule has 1 N–H and O–H groups in total. The average Bonchev–Trinajstić information content (AvgIpc) is 2.89. The molecule has 1 aromatic rings. The molecule has 0 amide bonds. The van der Waals surface area contributed by atoms with Crippen LogP contribution in [0.1, 0.15) is 57.6 Å². The van der Waals surface area contributed by atoms with Crippen molar-refractivity contribution in [2.45, 2.75) is 58.3 Å². The van der Waals surface area contributed by atoms with Crippen LogP contribution in [0.2, 0.25) is 0 Å². The first-order chi connectivity index (χ1) is 8.93. The third-order valence-electron chi connectivity index (χ3n) is 2.88. The third-order valence-corrected chi connectivity index (χ3v) is 2.88. The Morgan fingerprint density at radius 2 is 1.94 bits per heavy atom. The lowest BCUT2D eigenvalue weighted by Crippen LogP contribution is -1.86. The maximum Gasteiger partial charge on any atom is 0.0845 e. The summed E-state index contributed by atoms with van der Waals surface area (Å²) in [6, 6.07) is 0. The number of H-pyrrole nitrogens is 1. The van der Waals surface area contributed by atoms with Gasteiger partial charge in [0.25, 0.3) is 0 Å². The van der Waals surface area contributed by atoms with Gasteiger partial charge >= 0.3 is 0 Å². The van der Waals surface area contributed by atoms with Gasteiger partial charge in [-0.05, 0) is 38.7 Å². The Morgan fingerprint density at radius 1 is 1.17 bits per heavy atom. The standard InChI is InChI=1S/C14H25N3O/c1-2-18-12-10-8-6-4-3-5-7-9-11-14-13-15-17-16-14/h10,12-13H,2-9,11H2,1H3,(H,15,16,17). The highest BCUT2D eigenvalue weighted by atomic mass is 16.5. The van der Waals surface area contributed by atoms with Gasteiger partial charge in [-0.3, -0.25) is 5.10 Å². The van der Waals surface area contributed by atoms with Crippen molar-refractivity contribution in [3.05, 3.63) is 24.2 Å². The van der Waals surface area contributed by atoms with E-state index in [1.807, 2.05) is 19.4 Å². The van der Waals surface area contributed by atoms with Gasteiger partial charge in [-0.25, -0.2) is 0 Å². The average molecular weight is 251 g/mol. The summed E-state index contributed by atoms with van der Waals surface area (Å²) in [7, 11) is 0. The highest BCUT2D eigenvalue weighted by Crippen LogP contribution is 2.09. The molecule has 0 saturated heterocycles. The molecule has 0 fully saturated rings. The van der Waals surface area contributed by atoms with Gasteiger partial charge in [0.05, 0.1) is 18.6 Å². The Labute approximate surface area is 110 Å². The fraction of sp³-hybridized carbons (Fsp3) is 0.714. The molecule has 18 heavy (non-hydrogen) atoms. The maximum atomic E-state index is 5.13. The van der Waals surface area contributed by atoms with Gasteiger partial charge in [-0.15, -0.1) is 5.10 Å². The van der Waals surface area contributed by atoms with Crippen molar-refractivity contribution in [3.8, 4) is 0 Å². The van der Waals surface area contributed by atoms with Crippen LogP contribution in [0.15, 0.2) is 18.5 Å². The second-order valence-corrected chi connectivity index (χ2v) is 4.45. The number of allylic oxidation sites excluding steroid dienone is 1. The number of nitrogens with zero attached hydrogens (tertiary/aromatic N) is 2. The van der Waals surface area contributed by atoms with Crippen LogP contribution in [-0.4, -0.2) is 22.0 Å². The molecule has 0 bridgehead atoms. The number of nitrogens with one attached hydrogen (secondary N) is 1. The molecule has 0 aromatic carbocycles. The Hall–Kier alpha value is -1.32. The Morgan fingerprint density at radius 3 is 2.67 bits per heavy atom. The fourth-order valence-electron chi connectivity index (χ4n) is 1.86. The molecule has 0 radical (unpaired) electrons.